The lowest BCUT2D eigenvalue weighted by Crippen LogP contribution is -2.40. The summed E-state index contributed by atoms with van der Waals surface area (Å²) in [6, 6.07) is 7.23. The van der Waals surface area contributed by atoms with Gasteiger partial charge in [-0.1, -0.05) is 0 Å². The van der Waals surface area contributed by atoms with Crippen molar-refractivity contribution in [3.63, 3.8) is 0 Å². The molecule has 148 valence electrons. The Morgan fingerprint density at radius 2 is 1.83 bits per heavy atom. The van der Waals surface area contributed by atoms with Crippen molar-refractivity contribution in [2.45, 2.75) is 38.6 Å². The maximum atomic E-state index is 12.9. The van der Waals surface area contributed by atoms with Gasteiger partial charge in [-0.15, -0.1) is 0 Å². The number of nitrogens with zero attached hydrogens (tertiary/aromatic N) is 5. The molecule has 29 heavy (non-hydrogen) atoms. The van der Waals surface area contributed by atoms with Gasteiger partial charge in [0, 0.05) is 43.7 Å². The molecule has 2 aromatic heterocycles. The van der Waals surface area contributed by atoms with E-state index in [4.69, 9.17) is 0 Å². The Kier molecular flexibility index (Phi) is 4.58. The van der Waals surface area contributed by atoms with Crippen molar-refractivity contribution in [2.24, 2.45) is 5.92 Å². The first-order valence-corrected chi connectivity index (χ1v) is 10.3. The monoisotopic (exact) mass is 389 g/mol. The molecule has 3 aromatic rings. The van der Waals surface area contributed by atoms with Crippen LogP contribution in [0.15, 0.2) is 41.5 Å². The highest BCUT2D eigenvalue weighted by Gasteiger charge is 2.25. The number of amides is 1. The van der Waals surface area contributed by atoms with E-state index in [2.05, 4.69) is 15.1 Å². The molecule has 0 radical (unpaired) electrons. The number of rotatable bonds is 3. The molecule has 0 spiro atoms. The molecule has 3 heterocycles. The zero-order valence-corrected chi connectivity index (χ0v) is 16.3. The van der Waals surface area contributed by atoms with Gasteiger partial charge in [-0.3, -0.25) is 19.6 Å². The van der Waals surface area contributed by atoms with E-state index in [1.807, 2.05) is 23.1 Å². The molecule has 1 aliphatic carbocycles. The molecule has 0 saturated carbocycles. The van der Waals surface area contributed by atoms with Crippen LogP contribution in [0.2, 0.25) is 0 Å². The minimum Gasteiger partial charge on any atom is -0.339 e. The van der Waals surface area contributed by atoms with E-state index in [9.17, 15) is 9.59 Å². The lowest BCUT2D eigenvalue weighted by molar-refractivity contribution is 0.0680. The Labute approximate surface area is 168 Å². The summed E-state index contributed by atoms with van der Waals surface area (Å²) in [5.41, 5.74) is 4.36. The summed E-state index contributed by atoms with van der Waals surface area (Å²) >= 11 is 0. The second kappa shape index (κ2) is 7.39. The summed E-state index contributed by atoms with van der Waals surface area (Å²) < 4.78 is 1.63. The van der Waals surface area contributed by atoms with Crippen LogP contribution in [0, 0.1) is 5.92 Å². The molecule has 1 amide bonds. The van der Waals surface area contributed by atoms with Crippen LogP contribution in [0.1, 0.15) is 40.9 Å². The Balaban J connectivity index is 1.24. The Hall–Kier alpha value is -3.09. The van der Waals surface area contributed by atoms with E-state index in [0.717, 1.165) is 54.4 Å². The van der Waals surface area contributed by atoms with Crippen molar-refractivity contribution < 1.29 is 4.79 Å². The second-order valence-corrected chi connectivity index (χ2v) is 7.99. The van der Waals surface area contributed by atoms with Crippen LogP contribution >= 0.6 is 0 Å². The third-order valence-corrected chi connectivity index (χ3v) is 6.07. The lowest BCUT2D eigenvalue weighted by Gasteiger charge is -2.32. The predicted molar refractivity (Wildman–Crippen MR) is 109 cm³/mol. The summed E-state index contributed by atoms with van der Waals surface area (Å²) in [6.45, 7) is 2.03. The Morgan fingerprint density at radius 1 is 1.03 bits per heavy atom. The third kappa shape index (κ3) is 3.52. The Morgan fingerprint density at radius 3 is 2.66 bits per heavy atom. The molecule has 0 atom stereocenters. The molecular weight excluding hydrogens is 366 g/mol. The van der Waals surface area contributed by atoms with Gasteiger partial charge in [0.25, 0.3) is 11.5 Å². The van der Waals surface area contributed by atoms with Gasteiger partial charge in [-0.2, -0.15) is 5.10 Å². The minimum absolute atomic E-state index is 0.00132. The molecule has 1 fully saturated rings. The molecule has 7 heteroatoms. The molecule has 0 bridgehead atoms. The van der Waals surface area contributed by atoms with Gasteiger partial charge in [-0.05, 0) is 61.8 Å². The standard InChI is InChI=1S/C22H23N5O2/c28-21-13-16-2-1-3-18(16)25-27(21)14-15-6-10-26(11-7-15)22(29)17-4-5-19-20(12-17)24-9-8-23-19/h4-5,8-9,12-13,15H,1-3,6-7,10-11,14H2. The fourth-order valence-corrected chi connectivity index (χ4v) is 4.41. The zero-order valence-electron chi connectivity index (χ0n) is 16.3. The topological polar surface area (TPSA) is 81.0 Å². The van der Waals surface area contributed by atoms with Crippen LogP contribution in [0.5, 0.6) is 0 Å². The number of fused-ring (bicyclic) bond motifs is 2. The first-order valence-electron chi connectivity index (χ1n) is 10.3. The van der Waals surface area contributed by atoms with Gasteiger partial charge in [0.15, 0.2) is 0 Å². The third-order valence-electron chi connectivity index (χ3n) is 6.07. The first kappa shape index (κ1) is 18.0. The van der Waals surface area contributed by atoms with Gasteiger partial charge in [0.1, 0.15) is 0 Å². The first-order chi connectivity index (χ1) is 14.2. The summed E-state index contributed by atoms with van der Waals surface area (Å²) in [4.78, 5) is 35.7. The van der Waals surface area contributed by atoms with Gasteiger partial charge >= 0.3 is 0 Å². The van der Waals surface area contributed by atoms with Gasteiger partial charge < -0.3 is 4.90 Å². The molecule has 5 rings (SSSR count). The molecule has 1 aromatic carbocycles. The molecule has 1 aliphatic heterocycles. The summed E-state index contributed by atoms with van der Waals surface area (Å²) in [6.07, 6.45) is 8.08. The fraction of sp³-hybridized carbons (Fsp3) is 0.409. The van der Waals surface area contributed by atoms with Crippen LogP contribution in [0.25, 0.3) is 11.0 Å². The quantitative estimate of drug-likeness (QED) is 0.686. The number of carbonyl (C=O) groups excluding carboxylic acids is 1. The van der Waals surface area contributed by atoms with Gasteiger partial charge in [-0.25, -0.2) is 4.68 Å². The predicted octanol–water partition coefficient (Wildman–Crippen LogP) is 2.23. The number of aromatic nitrogens is 4. The number of benzene rings is 1. The number of aryl methyl sites for hydroxylation is 2. The SMILES string of the molecule is O=C(c1ccc2nccnc2c1)N1CCC(Cn2nc3c(cc2=O)CCC3)CC1. The molecular formula is C22H23N5O2. The molecule has 7 nitrogen and oxygen atoms in total. The van der Waals surface area contributed by atoms with Crippen LogP contribution in [-0.2, 0) is 19.4 Å². The normalized spacial score (nSPS) is 16.9. The average molecular weight is 389 g/mol. The number of hydrogen-bond acceptors (Lipinski definition) is 5. The highest BCUT2D eigenvalue weighted by molar-refractivity contribution is 5.97. The van der Waals surface area contributed by atoms with E-state index in [1.54, 1.807) is 23.1 Å². The largest absolute Gasteiger partial charge is 0.339 e. The van der Waals surface area contributed by atoms with Crippen molar-refractivity contribution in [3.05, 3.63) is 63.8 Å². The molecule has 1 saturated heterocycles. The lowest BCUT2D eigenvalue weighted by atomic mass is 9.96. The molecule has 0 unspecified atom stereocenters. The number of piperidine rings is 1. The van der Waals surface area contributed by atoms with Gasteiger partial charge in [0.05, 0.1) is 16.7 Å². The summed E-state index contributed by atoms with van der Waals surface area (Å²) in [5, 5.41) is 4.59. The maximum absolute atomic E-state index is 12.9. The van der Waals surface area contributed by atoms with Crippen LogP contribution in [-0.4, -0.2) is 43.6 Å². The summed E-state index contributed by atoms with van der Waals surface area (Å²) in [7, 11) is 0. The van der Waals surface area contributed by atoms with E-state index in [0.29, 0.717) is 31.1 Å². The highest BCUT2D eigenvalue weighted by Crippen LogP contribution is 2.22. The van der Waals surface area contributed by atoms with Crippen molar-refractivity contribution in [2.75, 3.05) is 13.1 Å². The number of carbonyl (C=O) groups is 1. The van der Waals surface area contributed by atoms with Crippen LogP contribution in [0.3, 0.4) is 0 Å². The van der Waals surface area contributed by atoms with Crippen molar-refractivity contribution in [1.82, 2.24) is 24.6 Å². The maximum Gasteiger partial charge on any atom is 0.267 e. The summed E-state index contributed by atoms with van der Waals surface area (Å²) in [5.74, 6) is 0.398. The van der Waals surface area contributed by atoms with Crippen molar-refractivity contribution in [3.8, 4) is 0 Å². The van der Waals surface area contributed by atoms with Crippen molar-refractivity contribution in [1.29, 1.82) is 0 Å². The zero-order chi connectivity index (χ0) is 19.8. The average Bonchev–Trinajstić information content (AvgIpc) is 3.21. The molecule has 2 aliphatic rings. The smallest absolute Gasteiger partial charge is 0.267 e. The number of hydrogen-bond donors (Lipinski definition) is 0. The highest BCUT2D eigenvalue weighted by atomic mass is 16.2. The van der Waals surface area contributed by atoms with Crippen LogP contribution in [0.4, 0.5) is 0 Å². The van der Waals surface area contributed by atoms with E-state index >= 15 is 0 Å². The number of likely N-dealkylation sites (tertiary alicyclic amines) is 1. The van der Waals surface area contributed by atoms with E-state index in [-0.39, 0.29) is 11.5 Å². The van der Waals surface area contributed by atoms with Gasteiger partial charge in [0.2, 0.25) is 0 Å². The Bertz CT molecular complexity index is 1130. The van der Waals surface area contributed by atoms with Crippen molar-refractivity contribution >= 4 is 16.9 Å². The molecule has 0 N–H and O–H groups in total. The van der Waals surface area contributed by atoms with E-state index < -0.39 is 0 Å². The minimum atomic E-state index is 0.00132. The van der Waals surface area contributed by atoms with Crippen LogP contribution < -0.4 is 5.56 Å². The fourth-order valence-electron chi connectivity index (χ4n) is 4.41. The second-order valence-electron chi connectivity index (χ2n) is 7.99. The van der Waals surface area contributed by atoms with E-state index in [1.165, 1.54) is 0 Å².